The van der Waals surface area contributed by atoms with Crippen LogP contribution in [0.15, 0.2) is 48.4 Å². The summed E-state index contributed by atoms with van der Waals surface area (Å²) in [5.41, 5.74) is 1.27. The van der Waals surface area contributed by atoms with E-state index in [9.17, 15) is 0 Å². The summed E-state index contributed by atoms with van der Waals surface area (Å²) < 4.78 is 10.8. The molecule has 2 nitrogen and oxygen atoms in total. The van der Waals surface area contributed by atoms with Crippen molar-refractivity contribution in [2.75, 3.05) is 13.7 Å². The summed E-state index contributed by atoms with van der Waals surface area (Å²) in [5, 5.41) is 2.11. The van der Waals surface area contributed by atoms with Gasteiger partial charge in [-0.2, -0.15) is 0 Å². The Balaban J connectivity index is 1.51. The number of thiophene rings is 1. The fraction of sp³-hybridized carbons (Fsp3) is 0.368. The monoisotopic (exact) mass is 316 g/mol. The molecule has 0 atom stereocenters. The lowest BCUT2D eigenvalue weighted by molar-refractivity contribution is 0.304. The van der Waals surface area contributed by atoms with Gasteiger partial charge in [0.2, 0.25) is 0 Å². The molecule has 0 aliphatic rings. The third-order valence-electron chi connectivity index (χ3n) is 3.57. The lowest BCUT2D eigenvalue weighted by Crippen LogP contribution is -1.97. The van der Waals surface area contributed by atoms with Crippen molar-refractivity contribution in [2.24, 2.45) is 0 Å². The zero-order valence-corrected chi connectivity index (χ0v) is 14.0. The number of ether oxygens (including phenoxy) is 2. The smallest absolute Gasteiger partial charge is 0.119 e. The van der Waals surface area contributed by atoms with Crippen LogP contribution in [-0.4, -0.2) is 13.7 Å². The first-order valence-corrected chi connectivity index (χ1v) is 8.66. The highest BCUT2D eigenvalue weighted by molar-refractivity contribution is 7.11. The van der Waals surface area contributed by atoms with E-state index in [2.05, 4.69) is 24.1 Å². The van der Waals surface area contributed by atoms with E-state index in [1.165, 1.54) is 29.7 Å². The van der Waals surface area contributed by atoms with Crippen LogP contribution in [0.4, 0.5) is 0 Å². The molecule has 0 unspecified atom stereocenters. The number of allylic oxidation sites excluding steroid dienone is 1. The molecule has 0 bridgehead atoms. The Morgan fingerprint density at radius 2 is 1.73 bits per heavy atom. The Morgan fingerprint density at radius 1 is 1.00 bits per heavy atom. The first-order chi connectivity index (χ1) is 10.8. The fourth-order valence-corrected chi connectivity index (χ4v) is 2.99. The molecule has 0 radical (unpaired) electrons. The molecular weight excluding hydrogens is 292 g/mol. The van der Waals surface area contributed by atoms with Crippen LogP contribution in [0.2, 0.25) is 0 Å². The van der Waals surface area contributed by atoms with E-state index in [1.807, 2.05) is 24.3 Å². The summed E-state index contributed by atoms with van der Waals surface area (Å²) in [7, 11) is 1.67. The summed E-state index contributed by atoms with van der Waals surface area (Å²) >= 11 is 1.77. The maximum atomic E-state index is 5.72. The molecule has 0 aliphatic carbocycles. The Kier molecular flexibility index (Phi) is 7.04. The number of unbranched alkanes of at least 4 members (excludes halogenated alkanes) is 3. The Bertz CT molecular complexity index is 543. The van der Waals surface area contributed by atoms with Gasteiger partial charge in [-0.25, -0.2) is 0 Å². The largest absolute Gasteiger partial charge is 0.497 e. The van der Waals surface area contributed by atoms with Gasteiger partial charge in [0, 0.05) is 4.88 Å². The van der Waals surface area contributed by atoms with Gasteiger partial charge < -0.3 is 9.47 Å². The Hall–Kier alpha value is -1.74. The minimum absolute atomic E-state index is 0.776. The molecule has 0 saturated carbocycles. The van der Waals surface area contributed by atoms with E-state index >= 15 is 0 Å². The predicted octanol–water partition coefficient (Wildman–Crippen LogP) is 5.80. The van der Waals surface area contributed by atoms with Gasteiger partial charge in [-0.1, -0.05) is 25.5 Å². The topological polar surface area (TPSA) is 18.5 Å². The van der Waals surface area contributed by atoms with E-state index in [1.54, 1.807) is 18.4 Å². The van der Waals surface area contributed by atoms with E-state index in [0.29, 0.717) is 0 Å². The standard InChI is InChI=1S/C19H24O2S/c1-16(19-9-7-15-22-19)8-5-3-4-6-14-21-18-12-10-17(20-2)11-13-18/h7,9-13,15H,1,3-6,8,14H2,2H3. The van der Waals surface area contributed by atoms with Crippen molar-refractivity contribution in [1.82, 2.24) is 0 Å². The van der Waals surface area contributed by atoms with Crippen molar-refractivity contribution < 1.29 is 9.47 Å². The molecule has 0 spiro atoms. The number of hydrogen-bond donors (Lipinski definition) is 0. The molecule has 0 N–H and O–H groups in total. The van der Waals surface area contributed by atoms with Crippen molar-refractivity contribution in [3.63, 3.8) is 0 Å². The first-order valence-electron chi connectivity index (χ1n) is 7.78. The maximum Gasteiger partial charge on any atom is 0.119 e. The van der Waals surface area contributed by atoms with Crippen molar-refractivity contribution in [3.8, 4) is 11.5 Å². The van der Waals surface area contributed by atoms with Crippen LogP contribution in [0.25, 0.3) is 5.57 Å². The van der Waals surface area contributed by atoms with Crippen molar-refractivity contribution in [3.05, 3.63) is 53.2 Å². The third kappa shape index (κ3) is 5.57. The summed E-state index contributed by atoms with van der Waals surface area (Å²) in [6, 6.07) is 12.0. The van der Waals surface area contributed by atoms with Crippen LogP contribution < -0.4 is 9.47 Å². The Morgan fingerprint density at radius 3 is 2.41 bits per heavy atom. The van der Waals surface area contributed by atoms with Gasteiger partial charge in [-0.05, 0) is 60.5 Å². The van der Waals surface area contributed by atoms with E-state index in [4.69, 9.17) is 9.47 Å². The molecular formula is C19H24O2S. The third-order valence-corrected chi connectivity index (χ3v) is 4.54. The molecule has 3 heteroatoms. The number of rotatable bonds is 10. The average Bonchev–Trinajstić information content (AvgIpc) is 3.09. The fourth-order valence-electron chi connectivity index (χ4n) is 2.26. The zero-order chi connectivity index (χ0) is 15.6. The highest BCUT2D eigenvalue weighted by Gasteiger charge is 2.00. The second kappa shape index (κ2) is 9.31. The van der Waals surface area contributed by atoms with Crippen LogP contribution >= 0.6 is 11.3 Å². The molecule has 0 saturated heterocycles. The van der Waals surface area contributed by atoms with Gasteiger partial charge in [-0.15, -0.1) is 11.3 Å². The SMILES string of the molecule is C=C(CCCCCCOc1ccc(OC)cc1)c1cccs1. The van der Waals surface area contributed by atoms with Crippen LogP contribution in [0.5, 0.6) is 11.5 Å². The molecule has 1 aromatic carbocycles. The minimum Gasteiger partial charge on any atom is -0.497 e. The lowest BCUT2D eigenvalue weighted by Gasteiger charge is -2.07. The first kappa shape index (κ1) is 16.6. The number of benzene rings is 1. The molecule has 0 fully saturated rings. The number of hydrogen-bond acceptors (Lipinski definition) is 3. The van der Waals surface area contributed by atoms with Crippen LogP contribution in [-0.2, 0) is 0 Å². The molecule has 2 aromatic rings. The quantitative estimate of drug-likeness (QED) is 0.516. The second-order valence-corrected chi connectivity index (χ2v) is 6.22. The predicted molar refractivity (Wildman–Crippen MR) is 94.9 cm³/mol. The average molecular weight is 316 g/mol. The van der Waals surface area contributed by atoms with Crippen LogP contribution in [0, 0.1) is 0 Å². The highest BCUT2D eigenvalue weighted by Crippen LogP contribution is 2.23. The highest BCUT2D eigenvalue weighted by atomic mass is 32.1. The van der Waals surface area contributed by atoms with Crippen molar-refractivity contribution in [2.45, 2.75) is 32.1 Å². The summed E-state index contributed by atoms with van der Waals surface area (Å²) in [4.78, 5) is 1.32. The molecule has 0 aliphatic heterocycles. The normalized spacial score (nSPS) is 10.4. The van der Waals surface area contributed by atoms with Gasteiger partial charge >= 0.3 is 0 Å². The number of methoxy groups -OCH3 is 1. The van der Waals surface area contributed by atoms with E-state index < -0.39 is 0 Å². The van der Waals surface area contributed by atoms with Crippen LogP contribution in [0.3, 0.4) is 0 Å². The summed E-state index contributed by atoms with van der Waals surface area (Å²) in [5.74, 6) is 1.77. The molecule has 1 aromatic heterocycles. The van der Waals surface area contributed by atoms with Crippen molar-refractivity contribution >= 4 is 16.9 Å². The maximum absolute atomic E-state index is 5.72. The zero-order valence-electron chi connectivity index (χ0n) is 13.2. The minimum atomic E-state index is 0.776. The van der Waals surface area contributed by atoms with Gasteiger partial charge in [0.1, 0.15) is 11.5 Å². The van der Waals surface area contributed by atoms with Gasteiger partial charge in [-0.3, -0.25) is 0 Å². The van der Waals surface area contributed by atoms with Gasteiger partial charge in [0.05, 0.1) is 13.7 Å². The molecule has 0 amide bonds. The lowest BCUT2D eigenvalue weighted by atomic mass is 10.1. The second-order valence-electron chi connectivity index (χ2n) is 5.27. The molecule has 118 valence electrons. The molecule has 1 heterocycles. The van der Waals surface area contributed by atoms with Crippen LogP contribution in [0.1, 0.15) is 37.0 Å². The molecule has 22 heavy (non-hydrogen) atoms. The van der Waals surface area contributed by atoms with Gasteiger partial charge in [0.15, 0.2) is 0 Å². The Labute approximate surface area is 137 Å². The van der Waals surface area contributed by atoms with Crippen molar-refractivity contribution in [1.29, 1.82) is 0 Å². The summed E-state index contributed by atoms with van der Waals surface area (Å²) in [6.07, 6.45) is 5.83. The van der Waals surface area contributed by atoms with Gasteiger partial charge in [0.25, 0.3) is 0 Å². The molecule has 2 rings (SSSR count). The van der Waals surface area contributed by atoms with E-state index in [-0.39, 0.29) is 0 Å². The van der Waals surface area contributed by atoms with E-state index in [0.717, 1.165) is 30.9 Å². The summed E-state index contributed by atoms with van der Waals surface area (Å²) in [6.45, 7) is 4.94.